The molecule has 1 unspecified atom stereocenters. The molecule has 5 heterocycles. The Morgan fingerprint density at radius 3 is 2.82 bits per heavy atom. The van der Waals surface area contributed by atoms with Gasteiger partial charge in [0.15, 0.2) is 0 Å². The summed E-state index contributed by atoms with van der Waals surface area (Å²) in [6.07, 6.45) is 4.76. The van der Waals surface area contributed by atoms with E-state index in [2.05, 4.69) is 19.9 Å². The van der Waals surface area contributed by atoms with Gasteiger partial charge in [0.05, 0.1) is 42.3 Å². The summed E-state index contributed by atoms with van der Waals surface area (Å²) >= 11 is 0. The summed E-state index contributed by atoms with van der Waals surface area (Å²) in [6.45, 7) is 8.94. The number of benzene rings is 1. The lowest BCUT2D eigenvalue weighted by atomic mass is 10.1. The van der Waals surface area contributed by atoms with E-state index < -0.39 is 0 Å². The van der Waals surface area contributed by atoms with Crippen LogP contribution in [0.3, 0.4) is 0 Å². The zero-order valence-electron chi connectivity index (χ0n) is 22.8. The summed E-state index contributed by atoms with van der Waals surface area (Å²) in [7, 11) is 1.64. The molecule has 204 valence electrons. The Labute approximate surface area is 228 Å². The standard InChI is InChI=1S/C29H35N7O3/c1-19-4-6-23(30-13-19)25-14-31-29(33-25)27-16-34(15-21-8-11-39-18-21)9-10-35(27)28(37)17-36-20(2)32-24-7-5-22(38-3)12-26(24)36/h4-7,12-14,21,27H,8-11,15-18H2,1-3H3,(H,31,33)/t21?,27-/m0/s1. The lowest BCUT2D eigenvalue weighted by molar-refractivity contribution is -0.137. The van der Waals surface area contributed by atoms with Gasteiger partial charge in [-0.2, -0.15) is 0 Å². The third-order valence-corrected chi connectivity index (χ3v) is 7.86. The second-order valence-corrected chi connectivity index (χ2v) is 10.6. The van der Waals surface area contributed by atoms with Crippen LogP contribution in [0.25, 0.3) is 22.4 Å². The minimum absolute atomic E-state index is 0.0421. The van der Waals surface area contributed by atoms with Crippen molar-refractivity contribution in [1.29, 1.82) is 0 Å². The zero-order valence-corrected chi connectivity index (χ0v) is 22.8. The normalized spacial score (nSPS) is 20.1. The van der Waals surface area contributed by atoms with Crippen molar-refractivity contribution in [3.8, 4) is 17.1 Å². The van der Waals surface area contributed by atoms with E-state index in [0.717, 1.165) is 78.1 Å². The molecule has 2 aliphatic heterocycles. The molecule has 2 aliphatic rings. The van der Waals surface area contributed by atoms with E-state index in [0.29, 0.717) is 19.0 Å². The fraction of sp³-hybridized carbons (Fsp3) is 0.448. The summed E-state index contributed by atoms with van der Waals surface area (Å²) in [5.74, 6) is 2.90. The molecule has 6 rings (SSSR count). The van der Waals surface area contributed by atoms with Crippen LogP contribution in [0, 0.1) is 19.8 Å². The third kappa shape index (κ3) is 5.26. The maximum Gasteiger partial charge on any atom is 0.243 e. The SMILES string of the molecule is COc1ccc2nc(C)n(CC(=O)N3CCN(CC4CCOC4)C[C@H]3c3ncc(-c4ccc(C)cn4)[nH]3)c2c1. The van der Waals surface area contributed by atoms with Gasteiger partial charge in [-0.05, 0) is 49.9 Å². The molecule has 0 aliphatic carbocycles. The Morgan fingerprint density at radius 1 is 1.15 bits per heavy atom. The highest BCUT2D eigenvalue weighted by molar-refractivity contribution is 5.82. The van der Waals surface area contributed by atoms with Crippen molar-refractivity contribution in [3.05, 3.63) is 59.9 Å². The number of piperazine rings is 1. The van der Waals surface area contributed by atoms with E-state index >= 15 is 0 Å². The van der Waals surface area contributed by atoms with Crippen LogP contribution in [0.2, 0.25) is 0 Å². The van der Waals surface area contributed by atoms with Gasteiger partial charge in [-0.1, -0.05) is 6.07 Å². The van der Waals surface area contributed by atoms with Gasteiger partial charge in [-0.3, -0.25) is 14.7 Å². The molecule has 0 radical (unpaired) electrons. The molecule has 10 heteroatoms. The smallest absolute Gasteiger partial charge is 0.243 e. The fourth-order valence-electron chi connectivity index (χ4n) is 5.67. The Morgan fingerprint density at radius 2 is 2.05 bits per heavy atom. The van der Waals surface area contributed by atoms with Gasteiger partial charge in [0.25, 0.3) is 0 Å². The molecule has 10 nitrogen and oxygen atoms in total. The lowest BCUT2D eigenvalue weighted by Crippen LogP contribution is -2.52. The number of aromatic nitrogens is 5. The average Bonchev–Trinajstić information content (AvgIpc) is 3.70. The molecular weight excluding hydrogens is 494 g/mol. The maximum atomic E-state index is 13.9. The summed E-state index contributed by atoms with van der Waals surface area (Å²) in [5, 5.41) is 0. The number of hydrogen-bond acceptors (Lipinski definition) is 7. The predicted molar refractivity (Wildman–Crippen MR) is 147 cm³/mol. The van der Waals surface area contributed by atoms with Gasteiger partial charge < -0.3 is 23.9 Å². The highest BCUT2D eigenvalue weighted by atomic mass is 16.5. The Hall–Kier alpha value is -3.76. The number of imidazole rings is 2. The van der Waals surface area contributed by atoms with Gasteiger partial charge in [-0.15, -0.1) is 0 Å². The number of fused-ring (bicyclic) bond motifs is 1. The molecule has 0 saturated carbocycles. The van der Waals surface area contributed by atoms with Crippen molar-refractivity contribution in [2.75, 3.05) is 46.5 Å². The first-order valence-corrected chi connectivity index (χ1v) is 13.6. The van der Waals surface area contributed by atoms with Crippen LogP contribution in [0.15, 0.2) is 42.7 Å². The molecule has 1 amide bonds. The molecule has 39 heavy (non-hydrogen) atoms. The van der Waals surface area contributed by atoms with Crippen molar-refractivity contribution in [1.82, 2.24) is 34.3 Å². The van der Waals surface area contributed by atoms with Crippen molar-refractivity contribution >= 4 is 16.9 Å². The number of carbonyl (C=O) groups excluding carboxylic acids is 1. The average molecular weight is 530 g/mol. The molecule has 0 spiro atoms. The fourth-order valence-corrected chi connectivity index (χ4v) is 5.67. The summed E-state index contributed by atoms with van der Waals surface area (Å²) in [4.78, 5) is 35.8. The number of carbonyl (C=O) groups is 1. The van der Waals surface area contributed by atoms with Crippen molar-refractivity contribution in [2.45, 2.75) is 32.9 Å². The number of ether oxygens (including phenoxy) is 2. The van der Waals surface area contributed by atoms with Crippen LogP contribution in [0.4, 0.5) is 0 Å². The molecule has 2 fully saturated rings. The summed E-state index contributed by atoms with van der Waals surface area (Å²) in [5.41, 5.74) is 4.53. The Bertz CT molecular complexity index is 1460. The molecule has 1 N–H and O–H groups in total. The predicted octanol–water partition coefficient (Wildman–Crippen LogP) is 3.37. The van der Waals surface area contributed by atoms with Crippen LogP contribution in [0.5, 0.6) is 5.75 Å². The number of amides is 1. The molecular formula is C29H35N7O3. The molecule has 3 aromatic heterocycles. The van der Waals surface area contributed by atoms with Gasteiger partial charge in [-0.25, -0.2) is 9.97 Å². The van der Waals surface area contributed by atoms with Crippen molar-refractivity contribution in [3.63, 3.8) is 0 Å². The van der Waals surface area contributed by atoms with Crippen LogP contribution < -0.4 is 4.74 Å². The first kappa shape index (κ1) is 25.5. The quantitative estimate of drug-likeness (QED) is 0.392. The van der Waals surface area contributed by atoms with Crippen LogP contribution in [0.1, 0.15) is 29.7 Å². The second-order valence-electron chi connectivity index (χ2n) is 10.6. The minimum atomic E-state index is -0.197. The number of aromatic amines is 1. The number of H-pyrrole nitrogens is 1. The van der Waals surface area contributed by atoms with Gasteiger partial charge >= 0.3 is 0 Å². The van der Waals surface area contributed by atoms with E-state index in [1.807, 2.05) is 66.0 Å². The summed E-state index contributed by atoms with van der Waals surface area (Å²) in [6, 6.07) is 9.59. The molecule has 0 bridgehead atoms. The number of pyridine rings is 1. The van der Waals surface area contributed by atoms with E-state index in [1.54, 1.807) is 7.11 Å². The van der Waals surface area contributed by atoms with E-state index in [-0.39, 0.29) is 18.5 Å². The van der Waals surface area contributed by atoms with E-state index in [4.69, 9.17) is 14.5 Å². The van der Waals surface area contributed by atoms with E-state index in [1.165, 1.54) is 0 Å². The molecule has 4 aromatic rings. The second kappa shape index (κ2) is 10.8. The topological polar surface area (TPSA) is 101 Å². The number of hydrogen-bond donors (Lipinski definition) is 1. The molecule has 2 saturated heterocycles. The molecule has 2 atom stereocenters. The number of methoxy groups -OCH3 is 1. The largest absolute Gasteiger partial charge is 0.497 e. The number of rotatable bonds is 7. The Kier molecular flexibility index (Phi) is 7.05. The molecule has 1 aromatic carbocycles. The first-order valence-electron chi connectivity index (χ1n) is 13.6. The number of nitrogens with zero attached hydrogens (tertiary/aromatic N) is 6. The zero-order chi connectivity index (χ0) is 26.9. The first-order chi connectivity index (χ1) is 19.0. The highest BCUT2D eigenvalue weighted by Crippen LogP contribution is 2.29. The highest BCUT2D eigenvalue weighted by Gasteiger charge is 2.35. The Balaban J connectivity index is 1.27. The van der Waals surface area contributed by atoms with Crippen molar-refractivity contribution < 1.29 is 14.3 Å². The van der Waals surface area contributed by atoms with Gasteiger partial charge in [0, 0.05) is 45.0 Å². The number of aryl methyl sites for hydroxylation is 2. The summed E-state index contributed by atoms with van der Waals surface area (Å²) < 4.78 is 13.0. The number of nitrogens with one attached hydrogen (secondary N) is 1. The maximum absolute atomic E-state index is 13.9. The minimum Gasteiger partial charge on any atom is -0.497 e. The van der Waals surface area contributed by atoms with Crippen LogP contribution in [-0.4, -0.2) is 86.7 Å². The van der Waals surface area contributed by atoms with Crippen molar-refractivity contribution in [2.24, 2.45) is 5.92 Å². The van der Waals surface area contributed by atoms with E-state index in [9.17, 15) is 4.79 Å². The van der Waals surface area contributed by atoms with Gasteiger partial charge in [0.2, 0.25) is 5.91 Å². The monoisotopic (exact) mass is 529 g/mol. The van der Waals surface area contributed by atoms with Gasteiger partial charge in [0.1, 0.15) is 30.0 Å². The lowest BCUT2D eigenvalue weighted by Gasteiger charge is -2.41. The van der Waals surface area contributed by atoms with Crippen LogP contribution >= 0.6 is 0 Å². The third-order valence-electron chi connectivity index (χ3n) is 7.86. The van der Waals surface area contributed by atoms with Crippen LogP contribution in [-0.2, 0) is 16.1 Å².